The lowest BCUT2D eigenvalue weighted by Crippen LogP contribution is -2.30. The Labute approximate surface area is 209 Å². The third-order valence-corrected chi connectivity index (χ3v) is 7.14. The van der Waals surface area contributed by atoms with Crippen LogP contribution < -0.4 is 10.5 Å². The number of aromatic nitrogens is 1. The van der Waals surface area contributed by atoms with Gasteiger partial charge in [-0.25, -0.2) is 12.8 Å². The molecule has 0 fully saturated rings. The summed E-state index contributed by atoms with van der Waals surface area (Å²) in [6.45, 7) is 1.87. The van der Waals surface area contributed by atoms with Crippen molar-refractivity contribution in [2.75, 3.05) is 26.1 Å². The zero-order valence-corrected chi connectivity index (χ0v) is 20.4. The Kier molecular flexibility index (Phi) is 6.91. The van der Waals surface area contributed by atoms with Crippen LogP contribution in [-0.2, 0) is 14.8 Å². The van der Waals surface area contributed by atoms with Gasteiger partial charge in [0.15, 0.2) is 0 Å². The molecule has 12 heteroatoms. The van der Waals surface area contributed by atoms with Gasteiger partial charge in [0.2, 0.25) is 0 Å². The second-order valence-electron chi connectivity index (χ2n) is 8.20. The van der Waals surface area contributed by atoms with Gasteiger partial charge in [-0.1, -0.05) is 12.1 Å². The van der Waals surface area contributed by atoms with Crippen molar-refractivity contribution in [3.05, 3.63) is 71.8 Å². The zero-order valence-electron chi connectivity index (χ0n) is 19.6. The van der Waals surface area contributed by atoms with E-state index >= 15 is 8.78 Å². The van der Waals surface area contributed by atoms with E-state index in [-0.39, 0.29) is 28.3 Å². The summed E-state index contributed by atoms with van der Waals surface area (Å²) in [5.41, 5.74) is 0.380. The Balaban J connectivity index is 1.97. The predicted molar refractivity (Wildman–Crippen MR) is 130 cm³/mol. The number of ether oxygens (including phenoxy) is 2. The number of nitrogens with two attached hydrogens (primary N) is 1. The highest BCUT2D eigenvalue weighted by atomic mass is 32.2. The normalized spacial score (nSPS) is 12.3. The van der Waals surface area contributed by atoms with Gasteiger partial charge < -0.3 is 15.2 Å². The van der Waals surface area contributed by atoms with Gasteiger partial charge >= 0.3 is 15.5 Å². The van der Waals surface area contributed by atoms with Crippen molar-refractivity contribution in [2.45, 2.75) is 12.4 Å². The molecule has 0 unspecified atom stereocenters. The van der Waals surface area contributed by atoms with Gasteiger partial charge in [-0.05, 0) is 53.9 Å². The van der Waals surface area contributed by atoms with Crippen molar-refractivity contribution in [1.82, 2.24) is 3.97 Å². The van der Waals surface area contributed by atoms with E-state index < -0.39 is 43.9 Å². The summed E-state index contributed by atoms with van der Waals surface area (Å²) in [5, 5.41) is 0.0239. The van der Waals surface area contributed by atoms with Crippen LogP contribution >= 0.6 is 0 Å². The molecule has 2 N–H and O–H groups in total. The van der Waals surface area contributed by atoms with E-state index in [0.29, 0.717) is 16.8 Å². The Morgan fingerprint density at radius 3 is 2.22 bits per heavy atom. The number of nitrogen functional groups attached to an aromatic ring is 1. The Morgan fingerprint density at radius 2 is 1.62 bits per heavy atom. The highest BCUT2D eigenvalue weighted by Gasteiger charge is 2.49. The van der Waals surface area contributed by atoms with E-state index in [1.165, 1.54) is 19.2 Å². The molecule has 6 nitrogen and oxygen atoms in total. The molecule has 0 saturated heterocycles. The standard InChI is InChI=1S/C25H21F5N2O4S/c1-14-9-17(31)4-5-19(14)15-3-6-22-16(10-15)11-23(32(22)37(33,34)25(28,29)30)24-20(26)12-18(13-21(24)27)36-8-7-35-2/h3-6,9-13H,7-8,31H2,1-2H3. The van der Waals surface area contributed by atoms with Crippen molar-refractivity contribution >= 4 is 26.6 Å². The number of nitrogens with zero attached hydrogens (tertiary/aromatic N) is 1. The maximum absolute atomic E-state index is 15.1. The van der Waals surface area contributed by atoms with Gasteiger partial charge in [0.05, 0.1) is 23.4 Å². The Morgan fingerprint density at radius 1 is 0.946 bits per heavy atom. The zero-order chi connectivity index (χ0) is 27.1. The van der Waals surface area contributed by atoms with Crippen molar-refractivity contribution in [1.29, 1.82) is 0 Å². The van der Waals surface area contributed by atoms with Gasteiger partial charge in [-0.3, -0.25) is 0 Å². The Hall–Kier alpha value is -3.64. The fourth-order valence-corrected chi connectivity index (χ4v) is 5.06. The largest absolute Gasteiger partial charge is 0.517 e. The number of hydrogen-bond acceptors (Lipinski definition) is 5. The van der Waals surface area contributed by atoms with Crippen molar-refractivity contribution in [3.8, 4) is 28.1 Å². The first-order valence-electron chi connectivity index (χ1n) is 10.8. The molecule has 196 valence electrons. The average Bonchev–Trinajstić information content (AvgIpc) is 3.17. The van der Waals surface area contributed by atoms with Gasteiger partial charge in [0, 0.05) is 30.3 Å². The molecule has 37 heavy (non-hydrogen) atoms. The second kappa shape index (κ2) is 9.67. The minimum absolute atomic E-state index is 0.0239. The van der Waals surface area contributed by atoms with Crippen molar-refractivity contribution < 1.29 is 39.8 Å². The maximum Gasteiger partial charge on any atom is 0.517 e. The summed E-state index contributed by atoms with van der Waals surface area (Å²) >= 11 is 0. The van der Waals surface area contributed by atoms with Gasteiger partial charge in [0.1, 0.15) is 24.0 Å². The van der Waals surface area contributed by atoms with E-state index in [0.717, 1.165) is 29.8 Å². The number of hydrogen-bond donors (Lipinski definition) is 1. The van der Waals surface area contributed by atoms with E-state index in [1.807, 2.05) is 0 Å². The minimum atomic E-state index is -6.07. The molecule has 3 aromatic carbocycles. The lowest BCUT2D eigenvalue weighted by molar-refractivity contribution is -0.0444. The summed E-state index contributed by atoms with van der Waals surface area (Å²) in [4.78, 5) is 0. The highest BCUT2D eigenvalue weighted by Crippen LogP contribution is 2.40. The molecule has 4 aromatic rings. The molecule has 1 aromatic heterocycles. The van der Waals surface area contributed by atoms with E-state index in [9.17, 15) is 21.6 Å². The summed E-state index contributed by atoms with van der Waals surface area (Å²) in [6.07, 6.45) is 0. The first kappa shape index (κ1) is 26.4. The number of fused-ring (bicyclic) bond motifs is 1. The first-order valence-corrected chi connectivity index (χ1v) is 12.2. The monoisotopic (exact) mass is 540 g/mol. The van der Waals surface area contributed by atoms with Crippen LogP contribution in [0.1, 0.15) is 5.56 Å². The molecule has 0 bridgehead atoms. The molecule has 0 atom stereocenters. The van der Waals surface area contributed by atoms with Crippen LogP contribution in [0.5, 0.6) is 5.75 Å². The first-order chi connectivity index (χ1) is 17.3. The molecule has 1 heterocycles. The molecule has 4 rings (SSSR count). The van der Waals surface area contributed by atoms with Crippen molar-refractivity contribution in [2.24, 2.45) is 0 Å². The number of aryl methyl sites for hydroxylation is 1. The van der Waals surface area contributed by atoms with Crippen LogP contribution in [0.15, 0.2) is 54.6 Å². The third kappa shape index (κ3) is 4.86. The highest BCUT2D eigenvalue weighted by molar-refractivity contribution is 7.91. The summed E-state index contributed by atoms with van der Waals surface area (Å²) in [6, 6.07) is 11.6. The topological polar surface area (TPSA) is 83.6 Å². The SMILES string of the molecule is COCCOc1cc(F)c(-c2cc3cc(-c4ccc(N)cc4C)ccc3n2S(=O)(=O)C(F)(F)F)c(F)c1. The number of halogens is 5. The van der Waals surface area contributed by atoms with Crippen LogP contribution in [0.3, 0.4) is 0 Å². The minimum Gasteiger partial charge on any atom is -0.491 e. The summed E-state index contributed by atoms with van der Waals surface area (Å²) in [7, 11) is -4.68. The molecule has 0 radical (unpaired) electrons. The van der Waals surface area contributed by atoms with Crippen LogP contribution in [0.25, 0.3) is 33.3 Å². The van der Waals surface area contributed by atoms with Crippen LogP contribution in [0.4, 0.5) is 27.6 Å². The average molecular weight is 541 g/mol. The maximum atomic E-state index is 15.1. The number of anilines is 1. The smallest absolute Gasteiger partial charge is 0.491 e. The van der Waals surface area contributed by atoms with Gasteiger partial charge in [-0.2, -0.15) is 21.6 Å². The lowest BCUT2D eigenvalue weighted by atomic mass is 9.99. The fraction of sp³-hybridized carbons (Fsp3) is 0.200. The van der Waals surface area contributed by atoms with Gasteiger partial charge in [-0.15, -0.1) is 0 Å². The molecule has 0 amide bonds. The number of rotatable bonds is 7. The van der Waals surface area contributed by atoms with E-state index in [4.69, 9.17) is 15.2 Å². The molecule has 0 spiro atoms. The molecule has 0 aliphatic rings. The lowest BCUT2D eigenvalue weighted by Gasteiger charge is -2.16. The number of methoxy groups -OCH3 is 1. The molecule has 0 saturated carbocycles. The van der Waals surface area contributed by atoms with E-state index in [2.05, 4.69) is 0 Å². The molecule has 0 aliphatic heterocycles. The van der Waals surface area contributed by atoms with Crippen molar-refractivity contribution in [3.63, 3.8) is 0 Å². The van der Waals surface area contributed by atoms with Crippen LogP contribution in [0.2, 0.25) is 0 Å². The van der Waals surface area contributed by atoms with Crippen LogP contribution in [0, 0.1) is 18.6 Å². The van der Waals surface area contributed by atoms with Gasteiger partial charge in [0.25, 0.3) is 0 Å². The number of benzene rings is 3. The summed E-state index contributed by atoms with van der Waals surface area (Å²) in [5.74, 6) is -2.84. The summed E-state index contributed by atoms with van der Waals surface area (Å²) < 4.78 is 106. The molecular weight excluding hydrogens is 519 g/mol. The second-order valence-corrected chi connectivity index (χ2v) is 9.97. The number of alkyl halides is 3. The van der Waals surface area contributed by atoms with Crippen LogP contribution in [-0.4, -0.2) is 38.2 Å². The fourth-order valence-electron chi connectivity index (χ4n) is 4.03. The quantitative estimate of drug-likeness (QED) is 0.180. The predicted octanol–water partition coefficient (Wildman–Crippen LogP) is 5.87. The third-order valence-electron chi connectivity index (χ3n) is 5.68. The Bertz CT molecular complexity index is 1570. The molecule has 0 aliphatic carbocycles. The van der Waals surface area contributed by atoms with E-state index in [1.54, 1.807) is 25.1 Å². The molecular formula is C25H21F5N2O4S.